The van der Waals surface area contributed by atoms with E-state index in [-0.39, 0.29) is 64.1 Å². The van der Waals surface area contributed by atoms with E-state index < -0.39 is 0 Å². The fourth-order valence-electron chi connectivity index (χ4n) is 7.18. The minimum atomic E-state index is -0.177. The van der Waals surface area contributed by atoms with E-state index in [0.29, 0.717) is 19.0 Å². The number of halogens is 1. The van der Waals surface area contributed by atoms with Gasteiger partial charge in [0, 0.05) is 36.0 Å². The van der Waals surface area contributed by atoms with Crippen molar-refractivity contribution in [3.05, 3.63) is 0 Å². The van der Waals surface area contributed by atoms with Crippen molar-refractivity contribution in [2.75, 3.05) is 13.1 Å². The molecule has 1 aliphatic carbocycles. The molecule has 2 amide bonds. The first kappa shape index (κ1) is 27.7. The molecule has 7 heteroatoms. The van der Waals surface area contributed by atoms with Gasteiger partial charge in [-0.25, -0.2) is 0 Å². The lowest BCUT2D eigenvalue weighted by Crippen LogP contribution is -2.59. The summed E-state index contributed by atoms with van der Waals surface area (Å²) < 4.78 is 6.34. The Labute approximate surface area is 212 Å². The Morgan fingerprint density at radius 2 is 1.74 bits per heavy atom. The van der Waals surface area contributed by atoms with Crippen LogP contribution in [-0.2, 0) is 14.3 Å². The van der Waals surface area contributed by atoms with E-state index in [1.54, 1.807) is 0 Å². The van der Waals surface area contributed by atoms with Crippen LogP contribution in [0.5, 0.6) is 0 Å². The molecule has 7 atom stereocenters. The fourth-order valence-corrected chi connectivity index (χ4v) is 7.55. The van der Waals surface area contributed by atoms with Crippen molar-refractivity contribution in [1.29, 1.82) is 0 Å². The summed E-state index contributed by atoms with van der Waals surface area (Å²) in [4.78, 5) is 28.5. The summed E-state index contributed by atoms with van der Waals surface area (Å²) in [5.74, 6) is 0.250. The standard InChI is InChI=1S/C27H48ClN3O3/c1-9-31(20-13-26(5,6)34-27(7,8)14-20)23-12-19(28)11-21(18(23)4)24(32)29-15-22-16(2)10-17(3)30-25(22)33/h16-23H,9-15H2,1-8H3,(H,29,32)(H,30,33). The third-order valence-corrected chi connectivity index (χ3v) is 8.84. The molecule has 0 aromatic rings. The molecule has 3 fully saturated rings. The number of nitrogens with zero attached hydrogens (tertiary/aromatic N) is 1. The van der Waals surface area contributed by atoms with Gasteiger partial charge in [0.05, 0.1) is 17.1 Å². The summed E-state index contributed by atoms with van der Waals surface area (Å²) >= 11 is 6.78. The third kappa shape index (κ3) is 6.47. The van der Waals surface area contributed by atoms with Crippen molar-refractivity contribution in [1.82, 2.24) is 15.5 Å². The van der Waals surface area contributed by atoms with E-state index >= 15 is 0 Å². The van der Waals surface area contributed by atoms with Crippen LogP contribution in [0.1, 0.15) is 87.5 Å². The minimum absolute atomic E-state index is 0.0235. The maximum Gasteiger partial charge on any atom is 0.225 e. The largest absolute Gasteiger partial charge is 0.370 e. The van der Waals surface area contributed by atoms with Crippen LogP contribution in [0, 0.1) is 23.7 Å². The molecule has 2 saturated heterocycles. The zero-order chi connectivity index (χ0) is 25.4. The van der Waals surface area contributed by atoms with Gasteiger partial charge in [-0.15, -0.1) is 11.6 Å². The second-order valence-corrected chi connectivity index (χ2v) is 13.2. The average molecular weight is 498 g/mol. The molecule has 3 rings (SSSR count). The lowest BCUT2D eigenvalue weighted by atomic mass is 9.73. The molecule has 1 saturated carbocycles. The molecule has 0 bridgehead atoms. The van der Waals surface area contributed by atoms with Gasteiger partial charge in [0.25, 0.3) is 0 Å². The van der Waals surface area contributed by atoms with Crippen molar-refractivity contribution in [3.63, 3.8) is 0 Å². The maximum atomic E-state index is 13.4. The number of carbonyl (C=O) groups excluding carboxylic acids is 2. The third-order valence-electron chi connectivity index (χ3n) is 8.49. The SMILES string of the molecule is CCN(C1CC(C)(C)OC(C)(C)C1)C1CC(Cl)CC(C(=O)NCC2C(=O)NC(C)CC2C)C1C. The van der Waals surface area contributed by atoms with Gasteiger partial charge in [-0.3, -0.25) is 14.5 Å². The lowest BCUT2D eigenvalue weighted by molar-refractivity contribution is -0.182. The Morgan fingerprint density at radius 3 is 2.29 bits per heavy atom. The van der Waals surface area contributed by atoms with Gasteiger partial charge in [0.15, 0.2) is 0 Å². The molecule has 0 spiro atoms. The molecule has 34 heavy (non-hydrogen) atoms. The highest BCUT2D eigenvalue weighted by Crippen LogP contribution is 2.42. The summed E-state index contributed by atoms with van der Waals surface area (Å²) in [5, 5.41) is 6.14. The zero-order valence-corrected chi connectivity index (χ0v) is 23.4. The highest BCUT2D eigenvalue weighted by molar-refractivity contribution is 6.20. The maximum absolute atomic E-state index is 13.4. The average Bonchev–Trinajstić information content (AvgIpc) is 2.67. The van der Waals surface area contributed by atoms with Crippen LogP contribution in [0.4, 0.5) is 0 Å². The number of nitrogens with one attached hydrogen (secondary N) is 2. The van der Waals surface area contributed by atoms with Gasteiger partial charge >= 0.3 is 0 Å². The number of hydrogen-bond donors (Lipinski definition) is 2. The molecule has 2 heterocycles. The van der Waals surface area contributed by atoms with Crippen LogP contribution in [0.2, 0.25) is 0 Å². The van der Waals surface area contributed by atoms with Gasteiger partial charge in [-0.2, -0.15) is 0 Å². The zero-order valence-electron chi connectivity index (χ0n) is 22.6. The highest BCUT2D eigenvalue weighted by Gasteiger charge is 2.47. The number of ether oxygens (including phenoxy) is 1. The Balaban J connectivity index is 1.69. The Bertz CT molecular complexity index is 727. The summed E-state index contributed by atoms with van der Waals surface area (Å²) in [6.07, 6.45) is 4.49. The molecule has 3 aliphatic rings. The summed E-state index contributed by atoms with van der Waals surface area (Å²) in [7, 11) is 0. The van der Waals surface area contributed by atoms with Crippen LogP contribution in [0.3, 0.4) is 0 Å². The predicted molar refractivity (Wildman–Crippen MR) is 138 cm³/mol. The van der Waals surface area contributed by atoms with Crippen LogP contribution < -0.4 is 10.6 Å². The van der Waals surface area contributed by atoms with Crippen molar-refractivity contribution >= 4 is 23.4 Å². The lowest BCUT2D eigenvalue weighted by Gasteiger charge is -2.53. The molecule has 196 valence electrons. The van der Waals surface area contributed by atoms with E-state index in [0.717, 1.165) is 32.2 Å². The van der Waals surface area contributed by atoms with Gasteiger partial charge in [0.1, 0.15) is 0 Å². The normalized spacial score (nSPS) is 38.4. The molecule has 2 aliphatic heterocycles. The minimum Gasteiger partial charge on any atom is -0.370 e. The summed E-state index contributed by atoms with van der Waals surface area (Å²) in [6, 6.07) is 0.853. The van der Waals surface area contributed by atoms with Crippen molar-refractivity contribution in [3.8, 4) is 0 Å². The number of hydrogen-bond acceptors (Lipinski definition) is 4. The van der Waals surface area contributed by atoms with Crippen molar-refractivity contribution < 1.29 is 14.3 Å². The van der Waals surface area contributed by atoms with Crippen molar-refractivity contribution in [2.24, 2.45) is 23.7 Å². The van der Waals surface area contributed by atoms with Gasteiger partial charge in [0.2, 0.25) is 11.8 Å². The van der Waals surface area contributed by atoms with E-state index in [4.69, 9.17) is 16.3 Å². The molecule has 0 aromatic carbocycles. The number of piperidine rings is 1. The van der Waals surface area contributed by atoms with Crippen molar-refractivity contribution in [2.45, 2.75) is 122 Å². The van der Waals surface area contributed by atoms with Gasteiger partial charge < -0.3 is 15.4 Å². The molecule has 6 nitrogen and oxygen atoms in total. The molecular formula is C27H48ClN3O3. The molecular weight excluding hydrogens is 450 g/mol. The van der Waals surface area contributed by atoms with Crippen LogP contribution >= 0.6 is 11.6 Å². The predicted octanol–water partition coefficient (Wildman–Crippen LogP) is 4.34. The summed E-state index contributed by atoms with van der Waals surface area (Å²) in [6.45, 7) is 18.6. The smallest absolute Gasteiger partial charge is 0.225 e. The number of alkyl halides is 1. The van der Waals surface area contributed by atoms with Gasteiger partial charge in [-0.1, -0.05) is 20.8 Å². The molecule has 0 aromatic heterocycles. The van der Waals surface area contributed by atoms with Crippen LogP contribution in [-0.4, -0.2) is 64.5 Å². The first-order valence-corrected chi connectivity index (χ1v) is 13.8. The quantitative estimate of drug-likeness (QED) is 0.535. The Morgan fingerprint density at radius 1 is 1.12 bits per heavy atom. The Kier molecular flexibility index (Phi) is 8.68. The topological polar surface area (TPSA) is 70.7 Å². The van der Waals surface area contributed by atoms with Crippen LogP contribution in [0.15, 0.2) is 0 Å². The molecule has 0 radical (unpaired) electrons. The monoisotopic (exact) mass is 497 g/mol. The summed E-state index contributed by atoms with van der Waals surface area (Å²) in [5.41, 5.74) is -0.354. The Hall–Kier alpha value is -0.850. The number of carbonyl (C=O) groups is 2. The first-order valence-electron chi connectivity index (χ1n) is 13.4. The second-order valence-electron chi connectivity index (χ2n) is 12.6. The molecule has 2 N–H and O–H groups in total. The molecule has 7 unspecified atom stereocenters. The van der Waals surface area contributed by atoms with E-state index in [9.17, 15) is 9.59 Å². The van der Waals surface area contributed by atoms with E-state index in [1.165, 1.54) is 0 Å². The highest BCUT2D eigenvalue weighted by atomic mass is 35.5. The number of rotatable bonds is 6. The first-order chi connectivity index (χ1) is 15.7. The number of amides is 2. The second kappa shape index (κ2) is 10.6. The van der Waals surface area contributed by atoms with Gasteiger partial charge in [-0.05, 0) is 85.1 Å². The fraction of sp³-hybridized carbons (Fsp3) is 0.926. The van der Waals surface area contributed by atoms with Crippen LogP contribution in [0.25, 0.3) is 0 Å². The van der Waals surface area contributed by atoms with E-state index in [1.807, 2.05) is 6.92 Å². The van der Waals surface area contributed by atoms with E-state index in [2.05, 4.69) is 64.0 Å².